The average molecular weight is 335 g/mol. The van der Waals surface area contributed by atoms with Gasteiger partial charge in [0.2, 0.25) is 11.8 Å². The first-order chi connectivity index (χ1) is 11.4. The van der Waals surface area contributed by atoms with Crippen LogP contribution in [0.2, 0.25) is 0 Å². The first-order valence-corrected chi connectivity index (χ1v) is 7.24. The fraction of sp³-hybridized carbons (Fsp3) is 0.333. The second kappa shape index (κ2) is 5.99. The summed E-state index contributed by atoms with van der Waals surface area (Å²) in [4.78, 5) is 26.1. The quantitative estimate of drug-likeness (QED) is 0.928. The molecule has 0 saturated heterocycles. The van der Waals surface area contributed by atoms with E-state index in [-0.39, 0.29) is 18.1 Å². The van der Waals surface area contributed by atoms with E-state index in [1.54, 1.807) is 31.3 Å². The second-order valence-corrected chi connectivity index (χ2v) is 5.51. The topological polar surface area (TPSA) is 80.1 Å². The number of para-hydroxylation sites is 1. The Morgan fingerprint density at radius 1 is 1.33 bits per heavy atom. The van der Waals surface area contributed by atoms with E-state index in [4.69, 9.17) is 0 Å². The molecule has 0 spiro atoms. The molecule has 126 valence electrons. The SMILES string of the molecule is CN1C(=O)CC(C(=O)Nc2nnn(C)c2C(F)F)c2ccccc21. The van der Waals surface area contributed by atoms with E-state index < -0.39 is 23.9 Å². The summed E-state index contributed by atoms with van der Waals surface area (Å²) in [6.45, 7) is 0. The zero-order valence-corrected chi connectivity index (χ0v) is 13.0. The van der Waals surface area contributed by atoms with Crippen LogP contribution in [0.4, 0.5) is 20.3 Å². The average Bonchev–Trinajstić information content (AvgIpc) is 2.91. The molecule has 1 aromatic carbocycles. The largest absolute Gasteiger partial charge is 0.315 e. The number of nitrogens with one attached hydrogen (secondary N) is 1. The van der Waals surface area contributed by atoms with Crippen molar-refractivity contribution in [2.45, 2.75) is 18.8 Å². The van der Waals surface area contributed by atoms with Crippen LogP contribution in [0, 0.1) is 0 Å². The summed E-state index contributed by atoms with van der Waals surface area (Å²) in [6.07, 6.45) is -2.87. The van der Waals surface area contributed by atoms with Gasteiger partial charge in [0.25, 0.3) is 6.43 Å². The van der Waals surface area contributed by atoms with E-state index in [9.17, 15) is 18.4 Å². The molecule has 0 aliphatic carbocycles. The minimum atomic E-state index is -2.83. The molecule has 0 radical (unpaired) electrons. The molecule has 2 heterocycles. The Bertz CT molecular complexity index is 805. The Morgan fingerprint density at radius 2 is 2.04 bits per heavy atom. The Kier molecular flexibility index (Phi) is 4.00. The second-order valence-electron chi connectivity index (χ2n) is 5.51. The van der Waals surface area contributed by atoms with Gasteiger partial charge in [-0.05, 0) is 11.6 Å². The standard InChI is InChI=1S/C15H15F2N5O2/c1-21-10-6-4-3-5-8(10)9(7-11(21)23)15(24)18-14-12(13(16)17)22(2)20-19-14/h3-6,9,13H,7H2,1-2H3,(H,18,24). The number of fused-ring (bicyclic) bond motifs is 1. The molecule has 1 N–H and O–H groups in total. The molecule has 9 heteroatoms. The highest BCUT2D eigenvalue weighted by atomic mass is 19.3. The number of halogens is 2. The van der Waals surface area contributed by atoms with Crippen LogP contribution in [0.15, 0.2) is 24.3 Å². The van der Waals surface area contributed by atoms with Gasteiger partial charge in [0, 0.05) is 26.2 Å². The normalized spacial score (nSPS) is 17.1. The Labute approximate surface area is 136 Å². The van der Waals surface area contributed by atoms with E-state index in [0.717, 1.165) is 4.68 Å². The third-order valence-electron chi connectivity index (χ3n) is 4.06. The molecule has 2 amide bonds. The highest BCUT2D eigenvalue weighted by molar-refractivity contribution is 6.05. The first kappa shape index (κ1) is 16.0. The molecule has 0 bridgehead atoms. The molecule has 0 fully saturated rings. The first-order valence-electron chi connectivity index (χ1n) is 7.24. The van der Waals surface area contributed by atoms with Gasteiger partial charge in [-0.15, -0.1) is 5.10 Å². The van der Waals surface area contributed by atoms with Crippen molar-refractivity contribution in [3.05, 3.63) is 35.5 Å². The lowest BCUT2D eigenvalue weighted by Gasteiger charge is -2.30. The monoisotopic (exact) mass is 335 g/mol. The number of aromatic nitrogens is 3. The molecule has 7 nitrogen and oxygen atoms in total. The van der Waals surface area contributed by atoms with E-state index in [1.165, 1.54) is 11.9 Å². The van der Waals surface area contributed by atoms with Crippen LogP contribution in [-0.4, -0.2) is 33.9 Å². The number of carbonyl (C=O) groups excluding carboxylic acids is 2. The molecule has 3 rings (SSSR count). The summed E-state index contributed by atoms with van der Waals surface area (Å²) in [5.74, 6) is -1.84. The van der Waals surface area contributed by atoms with Crippen LogP contribution < -0.4 is 10.2 Å². The summed E-state index contributed by atoms with van der Waals surface area (Å²) in [6, 6.07) is 7.00. The van der Waals surface area contributed by atoms with Crippen LogP contribution in [0.25, 0.3) is 0 Å². The highest BCUT2D eigenvalue weighted by Gasteiger charge is 2.34. The molecular weight excluding hydrogens is 320 g/mol. The highest BCUT2D eigenvalue weighted by Crippen LogP contribution is 2.36. The van der Waals surface area contributed by atoms with Crippen LogP contribution in [0.3, 0.4) is 0 Å². The number of aryl methyl sites for hydroxylation is 1. The summed E-state index contributed by atoms with van der Waals surface area (Å²) in [5, 5.41) is 9.45. The van der Waals surface area contributed by atoms with Crippen LogP contribution in [-0.2, 0) is 16.6 Å². The maximum atomic E-state index is 13.1. The number of benzene rings is 1. The number of alkyl halides is 2. The van der Waals surface area contributed by atoms with Crippen molar-refractivity contribution < 1.29 is 18.4 Å². The van der Waals surface area contributed by atoms with Crippen LogP contribution in [0.5, 0.6) is 0 Å². The van der Waals surface area contributed by atoms with Gasteiger partial charge < -0.3 is 10.2 Å². The zero-order valence-electron chi connectivity index (χ0n) is 13.0. The van der Waals surface area contributed by atoms with Gasteiger partial charge in [-0.1, -0.05) is 23.4 Å². The lowest BCUT2D eigenvalue weighted by molar-refractivity contribution is -0.124. The van der Waals surface area contributed by atoms with Crippen molar-refractivity contribution in [3.8, 4) is 0 Å². The fourth-order valence-corrected chi connectivity index (χ4v) is 2.78. The molecule has 0 saturated carbocycles. The maximum absolute atomic E-state index is 13.1. The van der Waals surface area contributed by atoms with E-state index >= 15 is 0 Å². The maximum Gasteiger partial charge on any atom is 0.283 e. The Balaban J connectivity index is 1.91. The van der Waals surface area contributed by atoms with Crippen LogP contribution in [0.1, 0.15) is 30.0 Å². The van der Waals surface area contributed by atoms with Gasteiger partial charge in [0.15, 0.2) is 5.82 Å². The summed E-state index contributed by atoms with van der Waals surface area (Å²) in [5.41, 5.74) is 0.817. The van der Waals surface area contributed by atoms with Crippen molar-refractivity contribution in [2.75, 3.05) is 17.3 Å². The summed E-state index contributed by atoms with van der Waals surface area (Å²) in [7, 11) is 2.95. The van der Waals surface area contributed by atoms with Gasteiger partial charge in [-0.2, -0.15) is 0 Å². The summed E-state index contributed by atoms with van der Waals surface area (Å²) >= 11 is 0. The minimum absolute atomic E-state index is 0.0381. The van der Waals surface area contributed by atoms with Gasteiger partial charge in [0.05, 0.1) is 5.92 Å². The number of anilines is 2. The molecule has 1 aromatic heterocycles. The number of amides is 2. The van der Waals surface area contributed by atoms with Gasteiger partial charge in [-0.25, -0.2) is 13.5 Å². The minimum Gasteiger partial charge on any atom is -0.315 e. The van der Waals surface area contributed by atoms with Crippen molar-refractivity contribution in [3.63, 3.8) is 0 Å². The summed E-state index contributed by atoms with van der Waals surface area (Å²) < 4.78 is 27.0. The number of hydrogen-bond acceptors (Lipinski definition) is 4. The Morgan fingerprint density at radius 3 is 2.75 bits per heavy atom. The van der Waals surface area contributed by atoms with E-state index in [0.29, 0.717) is 11.3 Å². The number of hydrogen-bond donors (Lipinski definition) is 1. The molecule has 1 aliphatic rings. The predicted octanol–water partition coefficient (Wildman–Crippen LogP) is 1.84. The molecule has 1 aliphatic heterocycles. The zero-order chi connectivity index (χ0) is 17.4. The van der Waals surface area contributed by atoms with Crippen LogP contribution >= 0.6 is 0 Å². The number of rotatable bonds is 3. The lowest BCUT2D eigenvalue weighted by Crippen LogP contribution is -2.37. The van der Waals surface area contributed by atoms with E-state index in [2.05, 4.69) is 15.6 Å². The van der Waals surface area contributed by atoms with Crippen molar-refractivity contribution in [1.82, 2.24) is 15.0 Å². The van der Waals surface area contributed by atoms with Gasteiger partial charge >= 0.3 is 0 Å². The van der Waals surface area contributed by atoms with Gasteiger partial charge in [0.1, 0.15) is 5.69 Å². The molecule has 2 aromatic rings. The molecular formula is C15H15F2N5O2. The number of nitrogens with zero attached hydrogens (tertiary/aromatic N) is 4. The van der Waals surface area contributed by atoms with Crippen molar-refractivity contribution in [2.24, 2.45) is 7.05 Å². The van der Waals surface area contributed by atoms with Gasteiger partial charge in [-0.3, -0.25) is 9.59 Å². The van der Waals surface area contributed by atoms with E-state index in [1.807, 2.05) is 0 Å². The fourth-order valence-electron chi connectivity index (χ4n) is 2.78. The third kappa shape index (κ3) is 2.61. The molecule has 1 unspecified atom stereocenters. The Hall–Kier alpha value is -2.84. The smallest absolute Gasteiger partial charge is 0.283 e. The third-order valence-corrected chi connectivity index (χ3v) is 4.06. The molecule has 1 atom stereocenters. The lowest BCUT2D eigenvalue weighted by atomic mass is 9.89. The number of carbonyl (C=O) groups is 2. The molecule has 24 heavy (non-hydrogen) atoms. The van der Waals surface area contributed by atoms with Crippen molar-refractivity contribution in [1.29, 1.82) is 0 Å². The van der Waals surface area contributed by atoms with Crippen molar-refractivity contribution >= 4 is 23.3 Å². The predicted molar refractivity (Wildman–Crippen MR) is 81.8 cm³/mol.